The zero-order chi connectivity index (χ0) is 24.7. The number of aryl methyl sites for hydroxylation is 2. The molecule has 1 N–H and O–H groups in total. The van der Waals surface area contributed by atoms with Crippen molar-refractivity contribution >= 4 is 35.0 Å². The number of amides is 4. The molecule has 1 atom stereocenters. The standard InChI is InChI=1S/C26H32N6O3/c1-17-14-18(2)24(28-16-17)29-10-12-30(13-11-29)25(34)21-6-5-20(32-19(3)4-7-23(32)33)15-22(21)31-9-8-27-26(31)35/h5-6,14-16,19H,4,7-13H2,1-3H3,(H,27,35). The second-order valence-electron chi connectivity index (χ2n) is 9.67. The highest BCUT2D eigenvalue weighted by Gasteiger charge is 2.33. The average Bonchev–Trinajstić information content (AvgIpc) is 3.42. The first-order chi connectivity index (χ1) is 16.8. The zero-order valence-corrected chi connectivity index (χ0v) is 20.6. The number of nitrogens with one attached hydrogen (secondary N) is 1. The summed E-state index contributed by atoms with van der Waals surface area (Å²) >= 11 is 0. The molecule has 1 unspecified atom stereocenters. The molecule has 4 amide bonds. The lowest BCUT2D eigenvalue weighted by molar-refractivity contribution is -0.117. The van der Waals surface area contributed by atoms with Gasteiger partial charge in [-0.25, -0.2) is 9.78 Å². The number of piperazine rings is 1. The number of rotatable bonds is 4. The van der Waals surface area contributed by atoms with E-state index >= 15 is 0 Å². The first-order valence-electron chi connectivity index (χ1n) is 12.3. The molecule has 5 rings (SSSR count). The highest BCUT2D eigenvalue weighted by Crippen LogP contribution is 2.33. The summed E-state index contributed by atoms with van der Waals surface area (Å²) < 4.78 is 0. The van der Waals surface area contributed by atoms with Gasteiger partial charge in [-0.05, 0) is 56.5 Å². The number of aromatic nitrogens is 1. The molecule has 1 aromatic carbocycles. The molecule has 3 aliphatic rings. The van der Waals surface area contributed by atoms with Crippen molar-refractivity contribution in [1.29, 1.82) is 0 Å². The molecule has 9 heteroatoms. The van der Waals surface area contributed by atoms with E-state index in [9.17, 15) is 14.4 Å². The minimum atomic E-state index is -0.220. The minimum Gasteiger partial charge on any atom is -0.353 e. The van der Waals surface area contributed by atoms with Crippen LogP contribution in [0.4, 0.5) is 22.0 Å². The Morgan fingerprint density at radius 2 is 1.83 bits per heavy atom. The monoisotopic (exact) mass is 476 g/mol. The highest BCUT2D eigenvalue weighted by atomic mass is 16.2. The summed E-state index contributed by atoms with van der Waals surface area (Å²) in [7, 11) is 0. The number of pyridine rings is 1. The molecular weight excluding hydrogens is 444 g/mol. The number of anilines is 3. The van der Waals surface area contributed by atoms with Gasteiger partial charge >= 0.3 is 6.03 Å². The van der Waals surface area contributed by atoms with Crippen LogP contribution in [0.5, 0.6) is 0 Å². The van der Waals surface area contributed by atoms with Crippen LogP contribution in [-0.2, 0) is 4.79 Å². The predicted molar refractivity (Wildman–Crippen MR) is 135 cm³/mol. The third-order valence-corrected chi connectivity index (χ3v) is 7.18. The molecule has 4 heterocycles. The van der Waals surface area contributed by atoms with E-state index in [0.29, 0.717) is 56.9 Å². The molecule has 2 aromatic rings. The maximum absolute atomic E-state index is 13.7. The van der Waals surface area contributed by atoms with Gasteiger partial charge in [0.2, 0.25) is 5.91 Å². The van der Waals surface area contributed by atoms with E-state index in [1.54, 1.807) is 15.9 Å². The van der Waals surface area contributed by atoms with E-state index in [2.05, 4.69) is 28.2 Å². The van der Waals surface area contributed by atoms with E-state index in [1.807, 2.05) is 37.1 Å². The van der Waals surface area contributed by atoms with Crippen LogP contribution in [0.1, 0.15) is 41.3 Å². The Morgan fingerprint density at radius 3 is 2.46 bits per heavy atom. The van der Waals surface area contributed by atoms with E-state index in [1.165, 1.54) is 0 Å². The van der Waals surface area contributed by atoms with Crippen molar-refractivity contribution < 1.29 is 14.4 Å². The smallest absolute Gasteiger partial charge is 0.322 e. The first-order valence-corrected chi connectivity index (χ1v) is 12.3. The van der Waals surface area contributed by atoms with Crippen molar-refractivity contribution in [2.45, 2.75) is 39.7 Å². The van der Waals surface area contributed by atoms with Gasteiger partial charge in [0, 0.05) is 63.6 Å². The first kappa shape index (κ1) is 23.1. The van der Waals surface area contributed by atoms with Gasteiger partial charge in [-0.2, -0.15) is 0 Å². The minimum absolute atomic E-state index is 0.0736. The van der Waals surface area contributed by atoms with Crippen LogP contribution >= 0.6 is 0 Å². The van der Waals surface area contributed by atoms with E-state index in [4.69, 9.17) is 0 Å². The fraction of sp³-hybridized carbons (Fsp3) is 0.462. The lowest BCUT2D eigenvalue weighted by Gasteiger charge is -2.36. The van der Waals surface area contributed by atoms with Crippen molar-refractivity contribution in [3.63, 3.8) is 0 Å². The van der Waals surface area contributed by atoms with Crippen LogP contribution in [0.2, 0.25) is 0 Å². The highest BCUT2D eigenvalue weighted by molar-refractivity contribution is 6.07. The molecule has 0 radical (unpaired) electrons. The van der Waals surface area contributed by atoms with Crippen LogP contribution in [0.15, 0.2) is 30.5 Å². The molecule has 0 saturated carbocycles. The molecule has 0 spiro atoms. The molecule has 0 bridgehead atoms. The molecule has 9 nitrogen and oxygen atoms in total. The van der Waals surface area contributed by atoms with Crippen molar-refractivity contribution in [3.8, 4) is 0 Å². The van der Waals surface area contributed by atoms with Crippen molar-refractivity contribution in [2.75, 3.05) is 54.0 Å². The fourth-order valence-electron chi connectivity index (χ4n) is 5.33. The molecule has 3 fully saturated rings. The van der Waals surface area contributed by atoms with Crippen LogP contribution in [-0.4, -0.2) is 73.0 Å². The van der Waals surface area contributed by atoms with E-state index < -0.39 is 0 Å². The van der Waals surface area contributed by atoms with Crippen LogP contribution in [0.25, 0.3) is 0 Å². The second kappa shape index (κ2) is 9.20. The number of hydrogen-bond donors (Lipinski definition) is 1. The fourth-order valence-corrected chi connectivity index (χ4v) is 5.33. The van der Waals surface area contributed by atoms with Gasteiger partial charge in [0.15, 0.2) is 0 Å². The van der Waals surface area contributed by atoms with Crippen LogP contribution in [0, 0.1) is 13.8 Å². The van der Waals surface area contributed by atoms with Gasteiger partial charge in [0.1, 0.15) is 5.82 Å². The van der Waals surface area contributed by atoms with Crippen molar-refractivity contribution in [3.05, 3.63) is 47.2 Å². The van der Waals surface area contributed by atoms with Gasteiger partial charge in [-0.15, -0.1) is 0 Å². The third-order valence-electron chi connectivity index (χ3n) is 7.18. The summed E-state index contributed by atoms with van der Waals surface area (Å²) in [6.45, 7) is 9.66. The van der Waals surface area contributed by atoms with E-state index in [0.717, 1.165) is 29.1 Å². The summed E-state index contributed by atoms with van der Waals surface area (Å²) in [6.07, 6.45) is 3.19. The largest absolute Gasteiger partial charge is 0.353 e. The number of hydrogen-bond acceptors (Lipinski definition) is 5. The van der Waals surface area contributed by atoms with Gasteiger partial charge < -0.3 is 20.0 Å². The molecule has 3 saturated heterocycles. The summed E-state index contributed by atoms with van der Waals surface area (Å²) in [5.41, 5.74) is 4.05. The van der Waals surface area contributed by atoms with Crippen LogP contribution < -0.4 is 20.0 Å². The topological polar surface area (TPSA) is 89.1 Å². The maximum Gasteiger partial charge on any atom is 0.322 e. The maximum atomic E-state index is 13.7. The average molecular weight is 477 g/mol. The number of benzene rings is 1. The Morgan fingerprint density at radius 1 is 1.06 bits per heavy atom. The molecule has 1 aromatic heterocycles. The quantitative estimate of drug-likeness (QED) is 0.733. The molecular formula is C26H32N6O3. The normalized spacial score (nSPS) is 20.6. The number of carbonyl (C=O) groups is 3. The van der Waals surface area contributed by atoms with Gasteiger partial charge in [-0.1, -0.05) is 6.07 Å². The second-order valence-corrected chi connectivity index (χ2v) is 9.67. The Bertz CT molecular complexity index is 1170. The molecule has 0 aliphatic carbocycles. The van der Waals surface area contributed by atoms with Gasteiger partial charge in [0.25, 0.3) is 5.91 Å². The lowest BCUT2D eigenvalue weighted by atomic mass is 10.1. The lowest BCUT2D eigenvalue weighted by Crippen LogP contribution is -2.49. The summed E-state index contributed by atoms with van der Waals surface area (Å²) in [5.74, 6) is 0.940. The number of carbonyl (C=O) groups excluding carboxylic acids is 3. The molecule has 35 heavy (non-hydrogen) atoms. The SMILES string of the molecule is Cc1cnc(N2CCN(C(=O)c3ccc(N4C(=O)CCC4C)cc3N3CCNC3=O)CC2)c(C)c1. The van der Waals surface area contributed by atoms with Gasteiger partial charge in [-0.3, -0.25) is 14.5 Å². The van der Waals surface area contributed by atoms with E-state index in [-0.39, 0.29) is 23.9 Å². The Labute approximate surface area is 205 Å². The Kier molecular flexibility index (Phi) is 6.08. The summed E-state index contributed by atoms with van der Waals surface area (Å²) in [5, 5.41) is 2.82. The van der Waals surface area contributed by atoms with Crippen molar-refractivity contribution in [1.82, 2.24) is 15.2 Å². The number of urea groups is 1. The zero-order valence-electron chi connectivity index (χ0n) is 20.6. The summed E-state index contributed by atoms with van der Waals surface area (Å²) in [6, 6.07) is 7.43. The number of nitrogens with zero attached hydrogens (tertiary/aromatic N) is 5. The third kappa shape index (κ3) is 4.31. The Balaban J connectivity index is 1.39. The van der Waals surface area contributed by atoms with Crippen molar-refractivity contribution in [2.24, 2.45) is 0 Å². The van der Waals surface area contributed by atoms with Crippen LogP contribution in [0.3, 0.4) is 0 Å². The molecule has 3 aliphatic heterocycles. The predicted octanol–water partition coefficient (Wildman–Crippen LogP) is 2.71. The molecule has 184 valence electrons. The Hall–Kier alpha value is -3.62. The van der Waals surface area contributed by atoms with Gasteiger partial charge in [0.05, 0.1) is 11.3 Å². The summed E-state index contributed by atoms with van der Waals surface area (Å²) in [4.78, 5) is 50.7.